The zero-order chi connectivity index (χ0) is 23.4. The maximum absolute atomic E-state index is 15.2. The molecule has 1 aromatic carbocycles. The van der Waals surface area contributed by atoms with Crippen LogP contribution in [0.4, 0.5) is 24.7 Å². The Labute approximate surface area is 190 Å². The number of aromatic amines is 1. The van der Waals surface area contributed by atoms with Crippen LogP contribution in [0.1, 0.15) is 20.3 Å². The second-order valence-electron chi connectivity index (χ2n) is 8.33. The number of alkyl halides is 2. The molecule has 3 heterocycles. The van der Waals surface area contributed by atoms with Crippen molar-refractivity contribution in [3.63, 3.8) is 0 Å². The van der Waals surface area contributed by atoms with Crippen LogP contribution < -0.4 is 10.6 Å². The van der Waals surface area contributed by atoms with Crippen molar-refractivity contribution in [3.8, 4) is 11.3 Å². The van der Waals surface area contributed by atoms with Crippen molar-refractivity contribution >= 4 is 45.6 Å². The minimum absolute atomic E-state index is 0.0337. The molecule has 0 spiro atoms. The van der Waals surface area contributed by atoms with E-state index >= 15 is 4.39 Å². The van der Waals surface area contributed by atoms with E-state index in [9.17, 15) is 13.6 Å². The molecule has 4 aromatic rings. The number of H-pyrrole nitrogens is 1. The third-order valence-electron chi connectivity index (χ3n) is 5.57. The predicted molar refractivity (Wildman–Crippen MR) is 118 cm³/mol. The van der Waals surface area contributed by atoms with E-state index in [0.29, 0.717) is 27.8 Å². The summed E-state index contributed by atoms with van der Waals surface area (Å²) in [7, 11) is 0. The molecule has 0 radical (unpaired) electrons. The van der Waals surface area contributed by atoms with Gasteiger partial charge in [-0.15, -0.1) is 0 Å². The summed E-state index contributed by atoms with van der Waals surface area (Å²) in [5.41, 5.74) is 1.81. The summed E-state index contributed by atoms with van der Waals surface area (Å²) >= 11 is 6.42. The van der Waals surface area contributed by atoms with Gasteiger partial charge in [-0.25, -0.2) is 18.2 Å². The highest BCUT2D eigenvalue weighted by Gasteiger charge is 2.49. The SMILES string of the molecule is CC(C)Nc1c(F)c(Cl)c(-c2cn3cc(NC(=O)[C@@H]4C[C@@H]4C(F)F)nc3cn2)c2cn[nH]c12. The number of nitrogens with zero attached hydrogens (tertiary/aromatic N) is 4. The predicted octanol–water partition coefficient (Wildman–Crippen LogP) is 4.73. The first-order chi connectivity index (χ1) is 15.7. The summed E-state index contributed by atoms with van der Waals surface area (Å²) in [4.78, 5) is 20.8. The topological polar surface area (TPSA) is 100 Å². The molecule has 0 saturated heterocycles. The average molecular weight is 478 g/mol. The molecule has 8 nitrogen and oxygen atoms in total. The van der Waals surface area contributed by atoms with Crippen LogP contribution in [0.15, 0.2) is 24.8 Å². The van der Waals surface area contributed by atoms with Crippen LogP contribution >= 0.6 is 11.6 Å². The van der Waals surface area contributed by atoms with Gasteiger partial charge in [-0.1, -0.05) is 11.6 Å². The van der Waals surface area contributed by atoms with Crippen molar-refractivity contribution < 1.29 is 18.0 Å². The van der Waals surface area contributed by atoms with Crippen molar-refractivity contribution in [2.75, 3.05) is 10.6 Å². The number of hydrogen-bond donors (Lipinski definition) is 3. The number of benzene rings is 1. The fourth-order valence-corrected chi connectivity index (χ4v) is 4.18. The van der Waals surface area contributed by atoms with E-state index in [1.807, 2.05) is 13.8 Å². The largest absolute Gasteiger partial charge is 0.379 e. The van der Waals surface area contributed by atoms with Crippen molar-refractivity contribution in [2.45, 2.75) is 32.7 Å². The number of carbonyl (C=O) groups excluding carboxylic acids is 1. The Hall–Kier alpha value is -3.34. The van der Waals surface area contributed by atoms with Gasteiger partial charge < -0.3 is 15.0 Å². The summed E-state index contributed by atoms with van der Waals surface area (Å²) in [6.45, 7) is 3.76. The second-order valence-corrected chi connectivity index (χ2v) is 8.71. The number of fused-ring (bicyclic) bond motifs is 2. The molecule has 2 atom stereocenters. The number of amides is 1. The zero-order valence-electron chi connectivity index (χ0n) is 17.5. The standard InChI is InChI=1S/C21H19ClF3N7O/c1-8(2)28-19-17(23)16(22)15(11-4-27-31-18(11)19)12-6-32-7-13(29-14(32)5-26-12)30-21(33)10-3-9(10)20(24)25/h4-10,20,28H,3H2,1-2H3,(H,27,31)(H,30,33)/t9-,10+/m0/s1. The van der Waals surface area contributed by atoms with Crippen LogP contribution in [0.25, 0.3) is 27.8 Å². The zero-order valence-corrected chi connectivity index (χ0v) is 18.3. The molecule has 0 unspecified atom stereocenters. The van der Waals surface area contributed by atoms with Crippen LogP contribution in [0, 0.1) is 17.7 Å². The molecule has 33 heavy (non-hydrogen) atoms. The Bertz CT molecular complexity index is 1380. The highest BCUT2D eigenvalue weighted by atomic mass is 35.5. The number of anilines is 2. The van der Waals surface area contributed by atoms with Crippen molar-refractivity contribution in [1.29, 1.82) is 0 Å². The lowest BCUT2D eigenvalue weighted by atomic mass is 10.1. The van der Waals surface area contributed by atoms with E-state index in [4.69, 9.17) is 11.6 Å². The maximum Gasteiger partial charge on any atom is 0.242 e. The minimum Gasteiger partial charge on any atom is -0.379 e. The van der Waals surface area contributed by atoms with Gasteiger partial charge in [0.25, 0.3) is 0 Å². The first-order valence-corrected chi connectivity index (χ1v) is 10.7. The number of hydrogen-bond acceptors (Lipinski definition) is 5. The van der Waals surface area contributed by atoms with E-state index in [1.54, 1.807) is 16.8 Å². The van der Waals surface area contributed by atoms with Crippen LogP contribution in [-0.2, 0) is 4.79 Å². The normalized spacial score (nSPS) is 17.9. The molecule has 5 rings (SSSR count). The van der Waals surface area contributed by atoms with Crippen LogP contribution in [0.5, 0.6) is 0 Å². The van der Waals surface area contributed by atoms with Gasteiger partial charge >= 0.3 is 0 Å². The van der Waals surface area contributed by atoms with Crippen LogP contribution in [-0.4, -0.2) is 42.9 Å². The Morgan fingerprint density at radius 1 is 1.30 bits per heavy atom. The van der Waals surface area contributed by atoms with E-state index in [1.165, 1.54) is 12.4 Å². The Kier molecular flexibility index (Phi) is 5.15. The number of imidazole rings is 1. The molecule has 3 N–H and O–H groups in total. The molecule has 3 aromatic heterocycles. The lowest BCUT2D eigenvalue weighted by Gasteiger charge is -2.15. The molecule has 172 valence electrons. The van der Waals surface area contributed by atoms with Gasteiger partial charge in [-0.3, -0.25) is 14.9 Å². The number of nitrogens with one attached hydrogen (secondary N) is 3. The monoisotopic (exact) mass is 477 g/mol. The van der Waals surface area contributed by atoms with Crippen LogP contribution in [0.3, 0.4) is 0 Å². The molecule has 1 aliphatic carbocycles. The second kappa shape index (κ2) is 7.91. The van der Waals surface area contributed by atoms with Crippen molar-refractivity contribution in [3.05, 3.63) is 35.6 Å². The summed E-state index contributed by atoms with van der Waals surface area (Å²) in [5, 5.41) is 12.9. The molecule has 1 amide bonds. The third kappa shape index (κ3) is 3.75. The smallest absolute Gasteiger partial charge is 0.242 e. The lowest BCUT2D eigenvalue weighted by molar-refractivity contribution is -0.118. The quantitative estimate of drug-likeness (QED) is 0.373. The molecule has 1 saturated carbocycles. The van der Waals surface area contributed by atoms with Gasteiger partial charge in [0.05, 0.1) is 40.5 Å². The maximum atomic E-state index is 15.2. The highest BCUT2D eigenvalue weighted by Crippen LogP contribution is 2.44. The van der Waals surface area contributed by atoms with Gasteiger partial charge in [0.2, 0.25) is 12.3 Å². The van der Waals surface area contributed by atoms with E-state index in [-0.39, 0.29) is 29.0 Å². The van der Waals surface area contributed by atoms with Gasteiger partial charge in [0, 0.05) is 35.0 Å². The molecular weight excluding hydrogens is 459 g/mol. The number of halogens is 4. The van der Waals surface area contributed by atoms with E-state index in [0.717, 1.165) is 0 Å². The number of carbonyl (C=O) groups is 1. The van der Waals surface area contributed by atoms with Crippen LogP contribution in [0.2, 0.25) is 5.02 Å². The Balaban J connectivity index is 1.50. The van der Waals surface area contributed by atoms with Crippen molar-refractivity contribution in [1.82, 2.24) is 24.6 Å². The average Bonchev–Trinajstić information content (AvgIpc) is 3.27. The molecule has 1 aliphatic rings. The minimum atomic E-state index is -2.51. The van der Waals surface area contributed by atoms with E-state index < -0.39 is 30.0 Å². The van der Waals surface area contributed by atoms with Crippen molar-refractivity contribution in [2.24, 2.45) is 11.8 Å². The number of rotatable bonds is 6. The molecule has 1 fully saturated rings. The molecule has 0 bridgehead atoms. The van der Waals surface area contributed by atoms with Gasteiger partial charge in [-0.05, 0) is 20.3 Å². The van der Waals surface area contributed by atoms with E-state index in [2.05, 4.69) is 30.8 Å². The molecule has 0 aliphatic heterocycles. The van der Waals surface area contributed by atoms with Gasteiger partial charge in [0.1, 0.15) is 0 Å². The summed E-state index contributed by atoms with van der Waals surface area (Å²) in [5.74, 6) is -2.53. The first-order valence-electron chi connectivity index (χ1n) is 10.3. The molecule has 12 heteroatoms. The first kappa shape index (κ1) is 21.5. The van der Waals surface area contributed by atoms with Gasteiger partial charge in [0.15, 0.2) is 17.3 Å². The Morgan fingerprint density at radius 3 is 2.79 bits per heavy atom. The Morgan fingerprint density at radius 2 is 2.09 bits per heavy atom. The summed E-state index contributed by atoms with van der Waals surface area (Å²) in [6, 6.07) is -0.0337. The fourth-order valence-electron chi connectivity index (χ4n) is 3.89. The summed E-state index contributed by atoms with van der Waals surface area (Å²) in [6.07, 6.45) is 3.77. The number of aromatic nitrogens is 5. The van der Waals surface area contributed by atoms with Gasteiger partial charge in [-0.2, -0.15) is 5.10 Å². The summed E-state index contributed by atoms with van der Waals surface area (Å²) < 4.78 is 42.2. The fraction of sp³-hybridized carbons (Fsp3) is 0.333. The lowest BCUT2D eigenvalue weighted by Crippen LogP contribution is -2.16. The highest BCUT2D eigenvalue weighted by molar-refractivity contribution is 6.35. The third-order valence-corrected chi connectivity index (χ3v) is 5.93. The molecular formula is C21H19ClF3N7O.